The maximum atomic E-state index is 11.3. The van der Waals surface area contributed by atoms with Crippen molar-refractivity contribution in [1.82, 2.24) is 5.32 Å². The first-order chi connectivity index (χ1) is 8.98. The molecule has 0 bridgehead atoms. The van der Waals surface area contributed by atoms with E-state index >= 15 is 0 Å². The van der Waals surface area contributed by atoms with E-state index in [1.54, 1.807) is 0 Å². The number of rotatable bonds is 7. The molecule has 0 radical (unpaired) electrons. The van der Waals surface area contributed by atoms with Gasteiger partial charge in [0, 0.05) is 25.1 Å². The van der Waals surface area contributed by atoms with Crippen molar-refractivity contribution in [2.45, 2.75) is 26.8 Å². The molecule has 2 N–H and O–H groups in total. The van der Waals surface area contributed by atoms with Crippen molar-refractivity contribution in [3.05, 3.63) is 35.4 Å². The minimum absolute atomic E-state index is 0.142. The number of carbonyl (C=O) groups is 1. The van der Waals surface area contributed by atoms with Crippen LogP contribution in [0.5, 0.6) is 0 Å². The maximum Gasteiger partial charge on any atom is 0.309 e. The Kier molecular flexibility index (Phi) is 5.99. The van der Waals surface area contributed by atoms with Crippen LogP contribution in [0.2, 0.25) is 0 Å². The van der Waals surface area contributed by atoms with Gasteiger partial charge in [0.15, 0.2) is 0 Å². The van der Waals surface area contributed by atoms with E-state index < -0.39 is 0 Å². The van der Waals surface area contributed by atoms with Gasteiger partial charge in [-0.1, -0.05) is 38.1 Å². The number of nitrogens with one attached hydrogen (secondary N) is 1. The molecular formula is C15H23NO3. The fraction of sp³-hybridized carbons (Fsp3) is 0.533. The van der Waals surface area contributed by atoms with E-state index in [4.69, 9.17) is 4.74 Å². The van der Waals surface area contributed by atoms with Crippen molar-refractivity contribution in [3.63, 3.8) is 0 Å². The van der Waals surface area contributed by atoms with Crippen molar-refractivity contribution in [2.75, 3.05) is 20.3 Å². The molecule has 4 heteroatoms. The van der Waals surface area contributed by atoms with Gasteiger partial charge in [-0.15, -0.1) is 0 Å². The Labute approximate surface area is 114 Å². The van der Waals surface area contributed by atoms with Gasteiger partial charge < -0.3 is 15.2 Å². The molecule has 0 aliphatic carbocycles. The molecule has 1 aromatic rings. The third-order valence-corrected chi connectivity index (χ3v) is 3.03. The zero-order valence-corrected chi connectivity index (χ0v) is 11.9. The second-order valence-corrected chi connectivity index (χ2v) is 5.45. The average molecular weight is 265 g/mol. The summed E-state index contributed by atoms with van der Waals surface area (Å²) in [5, 5.41) is 12.5. The lowest BCUT2D eigenvalue weighted by atomic mass is 9.95. The quantitative estimate of drug-likeness (QED) is 0.734. The zero-order valence-electron chi connectivity index (χ0n) is 11.9. The van der Waals surface area contributed by atoms with Crippen molar-refractivity contribution < 1.29 is 14.6 Å². The molecule has 1 rings (SSSR count). The summed E-state index contributed by atoms with van der Waals surface area (Å²) in [5.41, 5.74) is 1.92. The summed E-state index contributed by atoms with van der Waals surface area (Å²) in [7, 11) is 1.40. The summed E-state index contributed by atoms with van der Waals surface area (Å²) < 4.78 is 4.69. The van der Waals surface area contributed by atoms with Gasteiger partial charge in [-0.3, -0.25) is 4.79 Å². The van der Waals surface area contributed by atoms with E-state index in [0.29, 0.717) is 6.54 Å². The van der Waals surface area contributed by atoms with Gasteiger partial charge in [0.25, 0.3) is 0 Å². The summed E-state index contributed by atoms with van der Waals surface area (Å²) >= 11 is 0. The van der Waals surface area contributed by atoms with Crippen LogP contribution in [0, 0.1) is 5.41 Å². The van der Waals surface area contributed by atoms with Crippen LogP contribution in [-0.2, 0) is 22.5 Å². The number of aliphatic hydroxyl groups excluding tert-OH is 1. The Morgan fingerprint density at radius 2 is 1.95 bits per heavy atom. The van der Waals surface area contributed by atoms with Crippen LogP contribution in [0.25, 0.3) is 0 Å². The molecule has 0 spiro atoms. The van der Waals surface area contributed by atoms with Crippen LogP contribution in [-0.4, -0.2) is 31.3 Å². The first-order valence-corrected chi connectivity index (χ1v) is 6.43. The normalized spacial score (nSPS) is 11.4. The summed E-state index contributed by atoms with van der Waals surface area (Å²) in [5.74, 6) is -0.233. The standard InChI is InChI=1S/C15H23NO3/c1-15(2,11-17)10-16-9-13-7-5-4-6-12(13)8-14(18)19-3/h4-7,16-17H,8-11H2,1-3H3. The molecule has 0 aliphatic heterocycles. The minimum atomic E-state index is -0.233. The van der Waals surface area contributed by atoms with E-state index in [9.17, 15) is 9.90 Å². The molecule has 1 aromatic carbocycles. The monoisotopic (exact) mass is 265 g/mol. The van der Waals surface area contributed by atoms with Gasteiger partial charge in [0.2, 0.25) is 0 Å². The molecular weight excluding hydrogens is 242 g/mol. The lowest BCUT2D eigenvalue weighted by Crippen LogP contribution is -2.32. The number of ether oxygens (including phenoxy) is 1. The van der Waals surface area contributed by atoms with Crippen molar-refractivity contribution >= 4 is 5.97 Å². The van der Waals surface area contributed by atoms with Crippen LogP contribution in [0.15, 0.2) is 24.3 Å². The highest BCUT2D eigenvalue weighted by Gasteiger charge is 2.16. The molecule has 0 saturated carbocycles. The van der Waals surface area contributed by atoms with Gasteiger partial charge in [-0.05, 0) is 11.1 Å². The Hall–Kier alpha value is -1.39. The molecule has 106 valence electrons. The second kappa shape index (κ2) is 7.26. The first-order valence-electron chi connectivity index (χ1n) is 6.43. The highest BCUT2D eigenvalue weighted by atomic mass is 16.5. The van der Waals surface area contributed by atoms with Crippen molar-refractivity contribution in [2.24, 2.45) is 5.41 Å². The summed E-state index contributed by atoms with van der Waals surface area (Å²) in [6, 6.07) is 7.80. The Morgan fingerprint density at radius 1 is 1.32 bits per heavy atom. The Bertz CT molecular complexity index is 416. The fourth-order valence-electron chi connectivity index (χ4n) is 1.72. The molecule has 4 nitrogen and oxygen atoms in total. The molecule has 0 fully saturated rings. The van der Waals surface area contributed by atoms with Crippen LogP contribution in [0.4, 0.5) is 0 Å². The topological polar surface area (TPSA) is 58.6 Å². The molecule has 0 saturated heterocycles. The van der Waals surface area contributed by atoms with E-state index in [-0.39, 0.29) is 24.4 Å². The number of hydrogen-bond acceptors (Lipinski definition) is 4. The van der Waals surface area contributed by atoms with Crippen molar-refractivity contribution in [3.8, 4) is 0 Å². The first kappa shape index (κ1) is 15.7. The van der Waals surface area contributed by atoms with Crippen molar-refractivity contribution in [1.29, 1.82) is 0 Å². The van der Waals surface area contributed by atoms with E-state index in [0.717, 1.165) is 17.7 Å². The fourth-order valence-corrected chi connectivity index (χ4v) is 1.72. The number of carbonyl (C=O) groups excluding carboxylic acids is 1. The minimum Gasteiger partial charge on any atom is -0.469 e. The Balaban J connectivity index is 2.60. The number of methoxy groups -OCH3 is 1. The van der Waals surface area contributed by atoms with Crippen LogP contribution < -0.4 is 5.32 Å². The third-order valence-electron chi connectivity index (χ3n) is 3.03. The van der Waals surface area contributed by atoms with Gasteiger partial charge in [0.1, 0.15) is 0 Å². The number of esters is 1. The molecule has 0 amide bonds. The molecule has 0 aromatic heterocycles. The SMILES string of the molecule is COC(=O)Cc1ccccc1CNCC(C)(C)CO. The zero-order chi connectivity index (χ0) is 14.3. The predicted molar refractivity (Wildman–Crippen MR) is 74.7 cm³/mol. The largest absolute Gasteiger partial charge is 0.469 e. The van der Waals surface area contributed by atoms with Gasteiger partial charge in [-0.2, -0.15) is 0 Å². The second-order valence-electron chi connectivity index (χ2n) is 5.45. The molecule has 0 heterocycles. The predicted octanol–water partition coefficient (Wildman–Crippen LogP) is 1.51. The number of benzene rings is 1. The maximum absolute atomic E-state index is 11.3. The number of aliphatic hydroxyl groups is 1. The number of hydrogen-bond donors (Lipinski definition) is 2. The van der Waals surface area contributed by atoms with Gasteiger partial charge >= 0.3 is 5.97 Å². The van der Waals surface area contributed by atoms with Crippen LogP contribution in [0.1, 0.15) is 25.0 Å². The third kappa shape index (κ3) is 5.41. The smallest absolute Gasteiger partial charge is 0.309 e. The molecule has 0 unspecified atom stereocenters. The highest BCUT2D eigenvalue weighted by Crippen LogP contribution is 2.13. The Morgan fingerprint density at radius 3 is 2.53 bits per heavy atom. The molecule has 0 atom stereocenters. The lowest BCUT2D eigenvalue weighted by molar-refractivity contribution is -0.139. The lowest BCUT2D eigenvalue weighted by Gasteiger charge is -2.22. The van der Waals surface area contributed by atoms with E-state index in [2.05, 4.69) is 5.32 Å². The van der Waals surface area contributed by atoms with Crippen LogP contribution in [0.3, 0.4) is 0 Å². The van der Waals surface area contributed by atoms with Gasteiger partial charge in [0.05, 0.1) is 13.5 Å². The molecule has 19 heavy (non-hydrogen) atoms. The highest BCUT2D eigenvalue weighted by molar-refractivity contribution is 5.72. The van der Waals surface area contributed by atoms with Crippen LogP contribution >= 0.6 is 0 Å². The van der Waals surface area contributed by atoms with Gasteiger partial charge in [-0.25, -0.2) is 0 Å². The molecule has 0 aliphatic rings. The summed E-state index contributed by atoms with van der Waals surface area (Å²) in [4.78, 5) is 11.3. The summed E-state index contributed by atoms with van der Waals surface area (Å²) in [6.07, 6.45) is 0.289. The van der Waals surface area contributed by atoms with E-state index in [1.807, 2.05) is 38.1 Å². The van der Waals surface area contributed by atoms with E-state index in [1.165, 1.54) is 7.11 Å². The average Bonchev–Trinajstić information content (AvgIpc) is 2.40. The summed E-state index contributed by atoms with van der Waals surface area (Å²) in [6.45, 7) is 5.54.